The molecule has 0 radical (unpaired) electrons. The molecule has 39 heavy (non-hydrogen) atoms. The molecule has 4 aliphatic rings. The van der Waals surface area contributed by atoms with Crippen LogP contribution in [-0.4, -0.2) is 104 Å². The van der Waals surface area contributed by atoms with Crippen LogP contribution in [-0.2, 0) is 17.7 Å². The van der Waals surface area contributed by atoms with Crippen molar-refractivity contribution in [3.8, 4) is 11.5 Å². The van der Waals surface area contributed by atoms with E-state index in [-0.39, 0.29) is 12.0 Å². The summed E-state index contributed by atoms with van der Waals surface area (Å²) in [6, 6.07) is 14.0. The number of carbonyl (C=O) groups is 1. The van der Waals surface area contributed by atoms with Gasteiger partial charge in [0.25, 0.3) is 5.91 Å². The number of nitrogens with zero attached hydrogens (tertiary/aromatic N) is 3. The fraction of sp³-hybridized carbons (Fsp3) is 0.581. The highest BCUT2D eigenvalue weighted by molar-refractivity contribution is 5.97. The van der Waals surface area contributed by atoms with Crippen molar-refractivity contribution >= 4 is 5.91 Å². The number of amides is 1. The molecule has 0 bridgehead atoms. The average molecular weight is 536 g/mol. The van der Waals surface area contributed by atoms with Gasteiger partial charge in [0.05, 0.1) is 31.4 Å². The van der Waals surface area contributed by atoms with E-state index in [1.807, 2.05) is 18.2 Å². The lowest BCUT2D eigenvalue weighted by Gasteiger charge is -2.43. The fourth-order valence-electron chi connectivity index (χ4n) is 6.36. The number of benzene rings is 2. The van der Waals surface area contributed by atoms with Crippen molar-refractivity contribution in [2.24, 2.45) is 5.41 Å². The van der Waals surface area contributed by atoms with Crippen LogP contribution in [0.1, 0.15) is 41.3 Å². The molecule has 6 rings (SSSR count). The van der Waals surface area contributed by atoms with E-state index in [9.17, 15) is 9.90 Å². The second-order valence-electron chi connectivity index (χ2n) is 12.1. The van der Waals surface area contributed by atoms with E-state index in [1.165, 1.54) is 11.1 Å². The Labute approximate surface area is 231 Å². The summed E-state index contributed by atoms with van der Waals surface area (Å²) < 4.78 is 17.7. The summed E-state index contributed by atoms with van der Waals surface area (Å²) in [5.74, 6) is 1.22. The first-order valence-electron chi connectivity index (χ1n) is 14.4. The van der Waals surface area contributed by atoms with Crippen LogP contribution in [0.25, 0.3) is 0 Å². The number of aliphatic hydroxyl groups is 1. The van der Waals surface area contributed by atoms with Gasteiger partial charge in [0.1, 0.15) is 24.2 Å². The van der Waals surface area contributed by atoms with E-state index in [4.69, 9.17) is 14.2 Å². The second-order valence-corrected chi connectivity index (χ2v) is 12.1. The van der Waals surface area contributed by atoms with Crippen LogP contribution < -0.4 is 9.47 Å². The number of piperidine rings is 1. The van der Waals surface area contributed by atoms with Gasteiger partial charge >= 0.3 is 0 Å². The molecule has 1 atom stereocenters. The van der Waals surface area contributed by atoms with Crippen molar-refractivity contribution < 1.29 is 24.1 Å². The van der Waals surface area contributed by atoms with Gasteiger partial charge in [0.2, 0.25) is 0 Å². The molecular formula is C31H41N3O5. The monoisotopic (exact) mass is 535 g/mol. The molecular weight excluding hydrogens is 494 g/mol. The van der Waals surface area contributed by atoms with E-state index in [0.717, 1.165) is 70.9 Å². The maximum absolute atomic E-state index is 13.4. The third kappa shape index (κ3) is 6.24. The van der Waals surface area contributed by atoms with Crippen LogP contribution in [0.4, 0.5) is 0 Å². The zero-order chi connectivity index (χ0) is 26.8. The molecule has 8 nitrogen and oxygen atoms in total. The first kappa shape index (κ1) is 26.6. The minimum Gasteiger partial charge on any atom is -0.491 e. The van der Waals surface area contributed by atoms with E-state index >= 15 is 0 Å². The van der Waals surface area contributed by atoms with E-state index in [2.05, 4.69) is 41.0 Å². The van der Waals surface area contributed by atoms with Gasteiger partial charge < -0.3 is 29.1 Å². The Morgan fingerprint density at radius 3 is 2.59 bits per heavy atom. The van der Waals surface area contributed by atoms with Gasteiger partial charge in [-0.25, -0.2) is 0 Å². The summed E-state index contributed by atoms with van der Waals surface area (Å²) in [4.78, 5) is 19.9. The smallest absolute Gasteiger partial charge is 0.257 e. The van der Waals surface area contributed by atoms with Crippen molar-refractivity contribution in [1.29, 1.82) is 0 Å². The molecule has 0 aromatic heterocycles. The summed E-state index contributed by atoms with van der Waals surface area (Å²) in [6.07, 6.45) is 2.52. The highest BCUT2D eigenvalue weighted by Crippen LogP contribution is 2.32. The maximum atomic E-state index is 13.4. The van der Waals surface area contributed by atoms with Gasteiger partial charge in [0, 0.05) is 57.3 Å². The Kier molecular flexibility index (Phi) is 7.80. The number of rotatable bonds is 8. The molecule has 4 aliphatic heterocycles. The van der Waals surface area contributed by atoms with Crippen molar-refractivity contribution in [2.45, 2.75) is 44.9 Å². The lowest BCUT2D eigenvalue weighted by atomic mass is 9.87. The molecule has 2 fully saturated rings. The summed E-state index contributed by atoms with van der Waals surface area (Å²) in [6.45, 7) is 10.6. The Hall–Kier alpha value is -2.65. The minimum atomic E-state index is -0.617. The number of aliphatic hydroxyl groups excluding tert-OH is 1. The average Bonchev–Trinajstić information content (AvgIpc) is 3.07. The van der Waals surface area contributed by atoms with Gasteiger partial charge in [0.15, 0.2) is 0 Å². The third-order valence-electron chi connectivity index (χ3n) is 8.54. The SMILES string of the molecule is CC1(CN2CCC(Oc3ccc4c(c3)OCCN(C[C@H](O)CN3CCc5ccccc5C3)C4=O)CC2)COC1. The summed E-state index contributed by atoms with van der Waals surface area (Å²) >= 11 is 0. The van der Waals surface area contributed by atoms with Crippen LogP contribution in [0.5, 0.6) is 11.5 Å². The first-order chi connectivity index (χ1) is 18.9. The van der Waals surface area contributed by atoms with Crippen LogP contribution in [0.3, 0.4) is 0 Å². The van der Waals surface area contributed by atoms with E-state index in [0.29, 0.717) is 43.0 Å². The Morgan fingerprint density at radius 2 is 1.82 bits per heavy atom. The molecule has 8 heteroatoms. The predicted molar refractivity (Wildman–Crippen MR) is 148 cm³/mol. The van der Waals surface area contributed by atoms with Crippen LogP contribution in [0, 0.1) is 5.41 Å². The number of ether oxygens (including phenoxy) is 3. The topological polar surface area (TPSA) is 74.7 Å². The van der Waals surface area contributed by atoms with Crippen molar-refractivity contribution in [3.05, 3.63) is 59.2 Å². The molecule has 0 saturated carbocycles. The first-order valence-corrected chi connectivity index (χ1v) is 14.4. The van der Waals surface area contributed by atoms with E-state index < -0.39 is 6.10 Å². The third-order valence-corrected chi connectivity index (χ3v) is 8.54. The van der Waals surface area contributed by atoms with Crippen molar-refractivity contribution in [2.75, 3.05) is 65.6 Å². The summed E-state index contributed by atoms with van der Waals surface area (Å²) in [7, 11) is 0. The molecule has 0 aliphatic carbocycles. The molecule has 2 saturated heterocycles. The van der Waals surface area contributed by atoms with Crippen molar-refractivity contribution in [1.82, 2.24) is 14.7 Å². The lowest BCUT2D eigenvalue weighted by molar-refractivity contribution is -0.118. The highest BCUT2D eigenvalue weighted by Gasteiger charge is 2.36. The highest BCUT2D eigenvalue weighted by atomic mass is 16.5. The molecule has 210 valence electrons. The Morgan fingerprint density at radius 1 is 1.03 bits per heavy atom. The number of carbonyl (C=O) groups excluding carboxylic acids is 1. The van der Waals surface area contributed by atoms with Gasteiger partial charge in [-0.15, -0.1) is 0 Å². The number of likely N-dealkylation sites (tertiary alicyclic amines) is 1. The van der Waals surface area contributed by atoms with Gasteiger partial charge in [-0.05, 0) is 42.5 Å². The standard InChI is InChI=1S/C31H41N3O5/c1-31(21-37-22-31)20-32-12-9-26(10-13-32)39-27-6-7-28-29(16-27)38-15-14-34(30(28)36)19-25(35)18-33-11-8-23-4-2-3-5-24(23)17-33/h2-7,16,25-26,35H,8-15,17-22H2,1H3/t25-/m1/s1. The van der Waals surface area contributed by atoms with Crippen LogP contribution >= 0.6 is 0 Å². The van der Waals surface area contributed by atoms with E-state index in [1.54, 1.807) is 4.90 Å². The van der Waals surface area contributed by atoms with Crippen molar-refractivity contribution in [3.63, 3.8) is 0 Å². The Balaban J connectivity index is 1.01. The quantitative estimate of drug-likeness (QED) is 0.557. The molecule has 1 amide bonds. The molecule has 2 aromatic carbocycles. The molecule has 2 aromatic rings. The largest absolute Gasteiger partial charge is 0.491 e. The zero-order valence-corrected chi connectivity index (χ0v) is 23.0. The number of hydrogen-bond acceptors (Lipinski definition) is 7. The Bertz CT molecular complexity index is 1160. The zero-order valence-electron chi connectivity index (χ0n) is 23.0. The van der Waals surface area contributed by atoms with Gasteiger partial charge in [-0.2, -0.15) is 0 Å². The number of fused-ring (bicyclic) bond motifs is 2. The van der Waals surface area contributed by atoms with Gasteiger partial charge in [-0.3, -0.25) is 9.69 Å². The summed E-state index contributed by atoms with van der Waals surface area (Å²) in [5, 5.41) is 10.9. The maximum Gasteiger partial charge on any atom is 0.257 e. The molecule has 0 unspecified atom stereocenters. The minimum absolute atomic E-state index is 0.0983. The van der Waals surface area contributed by atoms with Crippen LogP contribution in [0.2, 0.25) is 0 Å². The lowest BCUT2D eigenvalue weighted by Crippen LogP contribution is -2.51. The summed E-state index contributed by atoms with van der Waals surface area (Å²) in [5.41, 5.74) is 3.55. The molecule has 4 heterocycles. The van der Waals surface area contributed by atoms with Crippen LogP contribution in [0.15, 0.2) is 42.5 Å². The molecule has 0 spiro atoms. The van der Waals surface area contributed by atoms with Gasteiger partial charge in [-0.1, -0.05) is 31.2 Å². The molecule has 1 N–H and O–H groups in total. The number of hydrogen-bond donors (Lipinski definition) is 1. The normalized spacial score (nSPS) is 22.7. The predicted octanol–water partition coefficient (Wildman–Crippen LogP) is 2.82. The fourth-order valence-corrected chi connectivity index (χ4v) is 6.36. The second kappa shape index (κ2) is 11.5. The number of β-amino-alcohol motifs (C(OH)–C–C–N with tert-alkyl or cyclic N) is 1.